The van der Waals surface area contributed by atoms with Crippen LogP contribution in [0.25, 0.3) is 16.9 Å². The van der Waals surface area contributed by atoms with Gasteiger partial charge in [-0.25, -0.2) is 9.97 Å². The Balaban J connectivity index is 1.38. The minimum Gasteiger partial charge on any atom is -0.352 e. The fourth-order valence-electron chi connectivity index (χ4n) is 4.16. The monoisotopic (exact) mass is 498 g/mol. The second-order valence-corrected chi connectivity index (χ2v) is 8.98. The fourth-order valence-corrected chi connectivity index (χ4v) is 4.16. The summed E-state index contributed by atoms with van der Waals surface area (Å²) in [6.07, 6.45) is 4.31. The van der Waals surface area contributed by atoms with Crippen molar-refractivity contribution in [1.29, 1.82) is 0 Å². The van der Waals surface area contributed by atoms with Crippen molar-refractivity contribution >= 4 is 23.1 Å². The molecule has 12 heteroatoms. The molecule has 0 bridgehead atoms. The lowest BCUT2D eigenvalue weighted by atomic mass is 10.0. The SMILES string of the molecule is CCc1cc(Nc2nccn3c(-c4c[nH]nc4C(F)(F)F)cnc23)ccc1C(=O)NCCC1(N)CC1. The number of nitrogens with one attached hydrogen (secondary N) is 3. The zero-order valence-corrected chi connectivity index (χ0v) is 19.5. The number of benzene rings is 1. The number of nitrogens with two attached hydrogens (primary N) is 1. The minimum absolute atomic E-state index is 0.113. The molecule has 4 aromatic rings. The number of hydrogen-bond acceptors (Lipinski definition) is 6. The van der Waals surface area contributed by atoms with Crippen LogP contribution in [0.3, 0.4) is 0 Å². The maximum absolute atomic E-state index is 13.4. The summed E-state index contributed by atoms with van der Waals surface area (Å²) in [5.41, 5.74) is 7.50. The Hall–Kier alpha value is -3.93. The molecular formula is C24H25F3N8O. The number of aromatic nitrogens is 5. The van der Waals surface area contributed by atoms with E-state index in [0.29, 0.717) is 35.7 Å². The van der Waals surface area contributed by atoms with Gasteiger partial charge in [0.2, 0.25) is 0 Å². The Bertz CT molecular complexity index is 1420. The Labute approximate surface area is 204 Å². The van der Waals surface area contributed by atoms with E-state index in [1.165, 1.54) is 29.2 Å². The van der Waals surface area contributed by atoms with Gasteiger partial charge in [0.05, 0.1) is 17.5 Å². The molecule has 5 N–H and O–H groups in total. The summed E-state index contributed by atoms with van der Waals surface area (Å²) in [5.74, 6) is 0.207. The van der Waals surface area contributed by atoms with Gasteiger partial charge in [-0.05, 0) is 49.4 Å². The molecule has 0 saturated heterocycles. The van der Waals surface area contributed by atoms with Gasteiger partial charge in [-0.15, -0.1) is 0 Å². The van der Waals surface area contributed by atoms with Gasteiger partial charge in [-0.3, -0.25) is 14.3 Å². The van der Waals surface area contributed by atoms with E-state index in [4.69, 9.17) is 5.73 Å². The highest BCUT2D eigenvalue weighted by Crippen LogP contribution is 2.36. The summed E-state index contributed by atoms with van der Waals surface area (Å²) in [4.78, 5) is 21.3. The summed E-state index contributed by atoms with van der Waals surface area (Å²) in [6, 6.07) is 5.35. The molecule has 1 aromatic carbocycles. The topological polar surface area (TPSA) is 126 Å². The van der Waals surface area contributed by atoms with Crippen molar-refractivity contribution in [2.24, 2.45) is 5.73 Å². The third kappa shape index (κ3) is 4.63. The van der Waals surface area contributed by atoms with Gasteiger partial charge < -0.3 is 16.4 Å². The number of hydrogen-bond donors (Lipinski definition) is 4. The predicted molar refractivity (Wildman–Crippen MR) is 128 cm³/mol. The fraction of sp³-hybridized carbons (Fsp3) is 0.333. The number of anilines is 2. The minimum atomic E-state index is -4.61. The Morgan fingerprint density at radius 1 is 1.28 bits per heavy atom. The Kier molecular flexibility index (Phi) is 5.91. The van der Waals surface area contributed by atoms with Crippen LogP contribution in [0.1, 0.15) is 47.8 Å². The number of halogens is 3. The number of imidazole rings is 1. The van der Waals surface area contributed by atoms with Crippen molar-refractivity contribution in [1.82, 2.24) is 29.9 Å². The number of carbonyl (C=O) groups excluding carboxylic acids is 1. The lowest BCUT2D eigenvalue weighted by Gasteiger charge is -2.14. The second-order valence-electron chi connectivity index (χ2n) is 8.98. The van der Waals surface area contributed by atoms with Crippen LogP contribution in [0, 0.1) is 0 Å². The molecule has 36 heavy (non-hydrogen) atoms. The van der Waals surface area contributed by atoms with Crippen molar-refractivity contribution < 1.29 is 18.0 Å². The number of nitrogens with zero attached hydrogens (tertiary/aromatic N) is 4. The van der Waals surface area contributed by atoms with Crippen LogP contribution in [0.2, 0.25) is 0 Å². The van der Waals surface area contributed by atoms with Gasteiger partial charge >= 0.3 is 6.18 Å². The van der Waals surface area contributed by atoms with Crippen LogP contribution in [-0.2, 0) is 12.6 Å². The van der Waals surface area contributed by atoms with E-state index < -0.39 is 11.9 Å². The van der Waals surface area contributed by atoms with E-state index in [2.05, 4.69) is 30.8 Å². The second kappa shape index (κ2) is 8.94. The number of alkyl halides is 3. The number of fused-ring (bicyclic) bond motifs is 1. The normalized spacial score (nSPS) is 14.7. The van der Waals surface area contributed by atoms with Crippen LogP contribution >= 0.6 is 0 Å². The van der Waals surface area contributed by atoms with Gasteiger partial charge in [0, 0.05) is 41.9 Å². The molecule has 0 aliphatic heterocycles. The van der Waals surface area contributed by atoms with Crippen molar-refractivity contribution in [3.63, 3.8) is 0 Å². The van der Waals surface area contributed by atoms with Gasteiger partial charge in [0.15, 0.2) is 17.2 Å². The highest BCUT2D eigenvalue weighted by atomic mass is 19.4. The first-order valence-corrected chi connectivity index (χ1v) is 11.6. The van der Waals surface area contributed by atoms with E-state index in [0.717, 1.165) is 24.8 Å². The zero-order chi connectivity index (χ0) is 25.5. The molecule has 1 fully saturated rings. The van der Waals surface area contributed by atoms with Crippen LogP contribution in [0.5, 0.6) is 0 Å². The van der Waals surface area contributed by atoms with Gasteiger partial charge in [-0.1, -0.05) is 6.92 Å². The zero-order valence-electron chi connectivity index (χ0n) is 19.5. The summed E-state index contributed by atoms with van der Waals surface area (Å²) < 4.78 is 41.6. The maximum Gasteiger partial charge on any atom is 0.435 e. The number of rotatable bonds is 8. The lowest BCUT2D eigenvalue weighted by molar-refractivity contribution is -0.140. The van der Waals surface area contributed by atoms with Gasteiger partial charge in [0.25, 0.3) is 5.91 Å². The molecule has 188 valence electrons. The Morgan fingerprint density at radius 2 is 2.08 bits per heavy atom. The number of aryl methyl sites for hydroxylation is 1. The molecular weight excluding hydrogens is 473 g/mol. The van der Waals surface area contributed by atoms with E-state index in [1.54, 1.807) is 12.1 Å². The largest absolute Gasteiger partial charge is 0.435 e. The molecule has 1 amide bonds. The van der Waals surface area contributed by atoms with Crippen LogP contribution in [0.4, 0.5) is 24.7 Å². The summed E-state index contributed by atoms with van der Waals surface area (Å²) >= 11 is 0. The summed E-state index contributed by atoms with van der Waals surface area (Å²) in [7, 11) is 0. The third-order valence-electron chi connectivity index (χ3n) is 6.41. The molecule has 5 rings (SSSR count). The van der Waals surface area contributed by atoms with E-state index in [-0.39, 0.29) is 22.7 Å². The van der Waals surface area contributed by atoms with Crippen molar-refractivity contribution in [2.45, 2.75) is 44.3 Å². The first-order valence-electron chi connectivity index (χ1n) is 11.6. The van der Waals surface area contributed by atoms with Crippen LogP contribution < -0.4 is 16.4 Å². The highest BCUT2D eigenvalue weighted by Gasteiger charge is 2.38. The molecule has 3 heterocycles. The first-order chi connectivity index (χ1) is 17.2. The van der Waals surface area contributed by atoms with Gasteiger partial charge in [-0.2, -0.15) is 18.3 Å². The lowest BCUT2D eigenvalue weighted by Crippen LogP contribution is -2.32. The standard InChI is InChI=1S/C24H25F3N8O/c1-2-14-11-15(3-4-16(14)22(36)30-8-7-23(28)5-6-23)33-20-21-31-13-18(35(21)10-9-29-20)17-12-32-34-19(17)24(25,26)27/h3-4,9-13H,2,5-8,28H2,1H3,(H,29,33)(H,30,36)(H,32,34). The van der Waals surface area contributed by atoms with Crippen molar-refractivity contribution in [3.8, 4) is 11.3 Å². The molecule has 9 nitrogen and oxygen atoms in total. The maximum atomic E-state index is 13.4. The number of amides is 1. The molecule has 0 atom stereocenters. The molecule has 1 aliphatic carbocycles. The average molecular weight is 499 g/mol. The average Bonchev–Trinajstić information content (AvgIpc) is 3.23. The molecule has 3 aromatic heterocycles. The highest BCUT2D eigenvalue weighted by molar-refractivity contribution is 5.96. The van der Waals surface area contributed by atoms with E-state index >= 15 is 0 Å². The number of carbonyl (C=O) groups is 1. The molecule has 0 radical (unpaired) electrons. The number of H-pyrrole nitrogens is 1. The van der Waals surface area contributed by atoms with E-state index in [9.17, 15) is 18.0 Å². The number of aromatic amines is 1. The molecule has 1 saturated carbocycles. The quantitative estimate of drug-likeness (QED) is 0.290. The first kappa shape index (κ1) is 23.8. The molecule has 0 unspecified atom stereocenters. The van der Waals surface area contributed by atoms with Crippen LogP contribution in [0.15, 0.2) is 43.0 Å². The summed E-state index contributed by atoms with van der Waals surface area (Å²) in [5, 5.41) is 11.8. The molecule has 0 spiro atoms. The van der Waals surface area contributed by atoms with Crippen molar-refractivity contribution in [3.05, 3.63) is 59.8 Å². The molecule has 1 aliphatic rings. The van der Waals surface area contributed by atoms with Crippen LogP contribution in [-0.4, -0.2) is 42.6 Å². The smallest absolute Gasteiger partial charge is 0.352 e. The Morgan fingerprint density at radius 3 is 2.81 bits per heavy atom. The van der Waals surface area contributed by atoms with E-state index in [1.807, 2.05) is 13.0 Å². The summed E-state index contributed by atoms with van der Waals surface area (Å²) in [6.45, 7) is 2.48. The third-order valence-corrected chi connectivity index (χ3v) is 6.41. The van der Waals surface area contributed by atoms with Crippen molar-refractivity contribution in [2.75, 3.05) is 11.9 Å². The predicted octanol–water partition coefficient (Wildman–Crippen LogP) is 4.06. The van der Waals surface area contributed by atoms with Gasteiger partial charge in [0.1, 0.15) is 0 Å².